The smallest absolute Gasteiger partial charge is 0.137 e. The van der Waals surface area contributed by atoms with Crippen LogP contribution < -0.4 is 5.32 Å². The van der Waals surface area contributed by atoms with Crippen molar-refractivity contribution in [3.8, 4) is 0 Å². The molecule has 0 fully saturated rings. The summed E-state index contributed by atoms with van der Waals surface area (Å²) in [4.78, 5) is 0. The minimum absolute atomic E-state index is 0.205. The van der Waals surface area contributed by atoms with Crippen LogP contribution in [0.5, 0.6) is 0 Å². The average molecular weight is 322 g/mol. The summed E-state index contributed by atoms with van der Waals surface area (Å²) in [5, 5.41) is 3.34. The van der Waals surface area contributed by atoms with Gasteiger partial charge in [-0.3, -0.25) is 0 Å². The fourth-order valence-electron chi connectivity index (χ4n) is 1.97. The fraction of sp³-hybridized carbons (Fsp3) is 0.250. The minimum Gasteiger partial charge on any atom is -0.313 e. The lowest BCUT2D eigenvalue weighted by Crippen LogP contribution is -2.15. The van der Waals surface area contributed by atoms with Gasteiger partial charge in [0.1, 0.15) is 5.82 Å². The van der Waals surface area contributed by atoms with Gasteiger partial charge in [-0.2, -0.15) is 0 Å². The summed E-state index contributed by atoms with van der Waals surface area (Å²) in [5.74, 6) is -0.205. The van der Waals surface area contributed by atoms with Crippen LogP contribution in [0.2, 0.25) is 0 Å². The van der Waals surface area contributed by atoms with Gasteiger partial charge in [0, 0.05) is 6.54 Å². The van der Waals surface area contributed by atoms with E-state index >= 15 is 0 Å². The third-order valence-electron chi connectivity index (χ3n) is 3.01. The summed E-state index contributed by atoms with van der Waals surface area (Å²) in [6.45, 7) is 1.62. The van der Waals surface area contributed by atoms with Gasteiger partial charge in [0.15, 0.2) is 0 Å². The molecule has 0 radical (unpaired) electrons. The lowest BCUT2D eigenvalue weighted by atomic mass is 10.1. The summed E-state index contributed by atoms with van der Waals surface area (Å²) in [5.41, 5.74) is 2.32. The van der Waals surface area contributed by atoms with Gasteiger partial charge in [0.05, 0.1) is 4.47 Å². The van der Waals surface area contributed by atoms with E-state index in [0.29, 0.717) is 11.0 Å². The summed E-state index contributed by atoms with van der Waals surface area (Å²) in [7, 11) is 0. The molecule has 0 unspecified atom stereocenters. The van der Waals surface area contributed by atoms with Crippen molar-refractivity contribution >= 4 is 15.9 Å². The molecule has 0 aliphatic carbocycles. The van der Waals surface area contributed by atoms with Crippen LogP contribution in [-0.2, 0) is 13.0 Å². The van der Waals surface area contributed by atoms with Gasteiger partial charge in [0.2, 0.25) is 0 Å². The number of hydrogen-bond acceptors (Lipinski definition) is 1. The lowest BCUT2D eigenvalue weighted by Gasteiger charge is -2.07. The topological polar surface area (TPSA) is 12.0 Å². The second kappa shape index (κ2) is 7.41. The van der Waals surface area contributed by atoms with Gasteiger partial charge in [-0.1, -0.05) is 42.5 Å². The summed E-state index contributed by atoms with van der Waals surface area (Å²) in [6, 6.07) is 15.6. The van der Waals surface area contributed by atoms with Gasteiger partial charge in [0.25, 0.3) is 0 Å². The highest BCUT2D eigenvalue weighted by Crippen LogP contribution is 2.19. The van der Waals surface area contributed by atoms with Crippen molar-refractivity contribution in [2.24, 2.45) is 0 Å². The van der Waals surface area contributed by atoms with Gasteiger partial charge in [-0.05, 0) is 52.5 Å². The third-order valence-corrected chi connectivity index (χ3v) is 3.90. The molecule has 2 rings (SSSR count). The van der Waals surface area contributed by atoms with Crippen molar-refractivity contribution in [2.45, 2.75) is 19.4 Å². The lowest BCUT2D eigenvalue weighted by molar-refractivity contribution is 0.608. The third kappa shape index (κ3) is 4.44. The number of hydrogen-bond donors (Lipinski definition) is 1. The first-order valence-corrected chi connectivity index (χ1v) is 7.24. The highest BCUT2D eigenvalue weighted by Gasteiger charge is 2.03. The van der Waals surface area contributed by atoms with E-state index in [-0.39, 0.29) is 5.82 Å². The first-order valence-electron chi connectivity index (χ1n) is 6.45. The summed E-state index contributed by atoms with van der Waals surface area (Å²) in [6.07, 6.45) is 2.15. The maximum Gasteiger partial charge on any atom is 0.137 e. The summed E-state index contributed by atoms with van der Waals surface area (Å²) < 4.78 is 13.9. The quantitative estimate of drug-likeness (QED) is 0.782. The molecule has 0 spiro atoms. The summed E-state index contributed by atoms with van der Waals surface area (Å²) >= 11 is 3.27. The Hall–Kier alpha value is -1.19. The normalized spacial score (nSPS) is 10.6. The molecule has 0 aliphatic rings. The van der Waals surface area contributed by atoms with E-state index in [1.165, 1.54) is 11.6 Å². The first-order chi connectivity index (χ1) is 9.27. The minimum atomic E-state index is -0.205. The van der Waals surface area contributed by atoms with Crippen molar-refractivity contribution in [2.75, 3.05) is 6.54 Å². The van der Waals surface area contributed by atoms with Crippen molar-refractivity contribution in [3.05, 3.63) is 69.9 Å². The Morgan fingerprint density at radius 1 is 1.00 bits per heavy atom. The molecule has 0 aromatic heterocycles. The van der Waals surface area contributed by atoms with E-state index in [9.17, 15) is 4.39 Å². The molecular weight excluding hydrogens is 305 g/mol. The van der Waals surface area contributed by atoms with Crippen LogP contribution >= 0.6 is 15.9 Å². The Morgan fingerprint density at radius 2 is 1.79 bits per heavy atom. The molecule has 0 atom stereocenters. The predicted molar refractivity (Wildman–Crippen MR) is 80.6 cm³/mol. The molecule has 0 saturated heterocycles. The molecule has 19 heavy (non-hydrogen) atoms. The van der Waals surface area contributed by atoms with E-state index in [0.717, 1.165) is 24.9 Å². The predicted octanol–water partition coefficient (Wildman–Crippen LogP) is 4.31. The van der Waals surface area contributed by atoms with Crippen LogP contribution in [-0.4, -0.2) is 6.54 Å². The van der Waals surface area contributed by atoms with Crippen LogP contribution in [0.4, 0.5) is 4.39 Å². The number of halogens is 2. The molecule has 2 aromatic rings. The SMILES string of the molecule is Fc1cccc(CNCCCc2ccccc2)c1Br. The highest BCUT2D eigenvalue weighted by molar-refractivity contribution is 9.10. The van der Waals surface area contributed by atoms with Gasteiger partial charge in [-0.15, -0.1) is 0 Å². The number of benzene rings is 2. The highest BCUT2D eigenvalue weighted by atomic mass is 79.9. The number of nitrogens with one attached hydrogen (secondary N) is 1. The Balaban J connectivity index is 1.71. The molecule has 0 amide bonds. The van der Waals surface area contributed by atoms with Crippen molar-refractivity contribution < 1.29 is 4.39 Å². The Morgan fingerprint density at radius 3 is 2.58 bits per heavy atom. The zero-order valence-corrected chi connectivity index (χ0v) is 12.3. The number of aryl methyl sites for hydroxylation is 1. The Bertz CT molecular complexity index is 513. The van der Waals surface area contributed by atoms with E-state index < -0.39 is 0 Å². The Labute approximate surface area is 122 Å². The van der Waals surface area contributed by atoms with Crippen molar-refractivity contribution in [1.82, 2.24) is 5.32 Å². The molecule has 3 heteroatoms. The van der Waals surface area contributed by atoms with Crippen molar-refractivity contribution in [1.29, 1.82) is 0 Å². The maximum absolute atomic E-state index is 13.3. The van der Waals surface area contributed by atoms with E-state index in [4.69, 9.17) is 0 Å². The molecule has 0 aliphatic heterocycles. The monoisotopic (exact) mass is 321 g/mol. The fourth-order valence-corrected chi connectivity index (χ4v) is 2.37. The maximum atomic E-state index is 13.3. The van der Waals surface area contributed by atoms with E-state index in [1.807, 2.05) is 12.1 Å². The van der Waals surface area contributed by atoms with Gasteiger partial charge in [-0.25, -0.2) is 4.39 Å². The Kier molecular flexibility index (Phi) is 5.55. The molecular formula is C16H17BrFN. The molecule has 0 saturated carbocycles. The van der Waals surface area contributed by atoms with Crippen LogP contribution in [0.3, 0.4) is 0 Å². The van der Waals surface area contributed by atoms with Crippen LogP contribution in [0, 0.1) is 5.82 Å². The van der Waals surface area contributed by atoms with Crippen LogP contribution in [0.1, 0.15) is 17.5 Å². The second-order valence-electron chi connectivity index (χ2n) is 4.48. The molecule has 0 heterocycles. The van der Waals surface area contributed by atoms with Crippen LogP contribution in [0.15, 0.2) is 53.0 Å². The first kappa shape index (κ1) is 14.2. The van der Waals surface area contributed by atoms with Gasteiger partial charge < -0.3 is 5.32 Å². The van der Waals surface area contributed by atoms with E-state index in [2.05, 4.69) is 45.5 Å². The van der Waals surface area contributed by atoms with Gasteiger partial charge >= 0.3 is 0 Å². The molecule has 2 aromatic carbocycles. The molecule has 1 nitrogen and oxygen atoms in total. The zero-order valence-electron chi connectivity index (χ0n) is 10.7. The zero-order chi connectivity index (χ0) is 13.5. The van der Waals surface area contributed by atoms with E-state index in [1.54, 1.807) is 6.07 Å². The van der Waals surface area contributed by atoms with Crippen LogP contribution in [0.25, 0.3) is 0 Å². The molecule has 1 N–H and O–H groups in total. The largest absolute Gasteiger partial charge is 0.313 e. The standard InChI is InChI=1S/C16H17BrFN/c17-16-14(9-4-10-15(16)18)12-19-11-5-8-13-6-2-1-3-7-13/h1-4,6-7,9-10,19H,5,8,11-12H2. The van der Waals surface area contributed by atoms with Crippen molar-refractivity contribution in [3.63, 3.8) is 0 Å². The molecule has 0 bridgehead atoms. The average Bonchev–Trinajstić information content (AvgIpc) is 2.44. The molecule has 100 valence electrons. The number of rotatable bonds is 6. The second-order valence-corrected chi connectivity index (χ2v) is 5.27.